The molecular weight excluding hydrogens is 88.1 g/mol. The fourth-order valence-corrected chi connectivity index (χ4v) is 1.47. The van der Waals surface area contributed by atoms with Crippen LogP contribution in [0.1, 0.15) is 19.3 Å². The molecule has 0 amide bonds. The van der Waals surface area contributed by atoms with E-state index in [1.165, 1.54) is 12.8 Å². The molecule has 2 rings (SSSR count). The smallest absolute Gasteiger partial charge is 0.136 e. The normalized spacial score (nSPS) is 46.6. The third-order valence-corrected chi connectivity index (χ3v) is 2.10. The third kappa shape index (κ3) is 0.355. The monoisotopic (exact) mass is 96.1 g/mol. The van der Waals surface area contributed by atoms with Crippen LogP contribution in [0.5, 0.6) is 0 Å². The summed E-state index contributed by atoms with van der Waals surface area (Å²) in [5.74, 6) is 1.91. The molecule has 1 heteroatoms. The number of carbonyl (C=O) groups is 1. The molecule has 0 aliphatic heterocycles. The van der Waals surface area contributed by atoms with Gasteiger partial charge >= 0.3 is 0 Å². The average Bonchev–Trinajstić information content (AvgIpc) is 2.33. The van der Waals surface area contributed by atoms with Crippen LogP contribution in [0.15, 0.2) is 0 Å². The molecule has 2 atom stereocenters. The van der Waals surface area contributed by atoms with E-state index >= 15 is 0 Å². The van der Waals surface area contributed by atoms with Crippen LogP contribution in [0.3, 0.4) is 0 Å². The van der Waals surface area contributed by atoms with E-state index in [9.17, 15) is 4.79 Å². The predicted molar refractivity (Wildman–Crippen MR) is 25.8 cm³/mol. The first-order chi connectivity index (χ1) is 3.38. The highest BCUT2D eigenvalue weighted by molar-refractivity contribution is 5.86. The van der Waals surface area contributed by atoms with E-state index in [-0.39, 0.29) is 0 Å². The third-order valence-electron chi connectivity index (χ3n) is 2.10. The van der Waals surface area contributed by atoms with Gasteiger partial charge in [0.1, 0.15) is 5.78 Å². The minimum absolute atomic E-state index is 0.532. The molecule has 0 aromatic heterocycles. The summed E-state index contributed by atoms with van der Waals surface area (Å²) in [6.45, 7) is 0. The van der Waals surface area contributed by atoms with Crippen molar-refractivity contribution in [1.29, 1.82) is 0 Å². The van der Waals surface area contributed by atoms with Crippen molar-refractivity contribution in [2.24, 2.45) is 11.8 Å². The van der Waals surface area contributed by atoms with Gasteiger partial charge in [0.15, 0.2) is 0 Å². The summed E-state index contributed by atoms with van der Waals surface area (Å²) in [6, 6.07) is 0. The standard InChI is InChI=1S/C6H8O/c7-6-2-1-4-3-5(4)6/h4-5H,1-3H2/t4-,5?/m0/s1. The molecule has 0 radical (unpaired) electrons. The minimum Gasteiger partial charge on any atom is -0.299 e. The second-order valence-electron chi connectivity index (χ2n) is 2.61. The molecule has 0 aromatic rings. The number of hydrogen-bond donors (Lipinski definition) is 0. The van der Waals surface area contributed by atoms with Gasteiger partial charge in [-0.1, -0.05) is 0 Å². The number of hydrogen-bond acceptors (Lipinski definition) is 1. The van der Waals surface area contributed by atoms with Gasteiger partial charge in [0.25, 0.3) is 0 Å². The maximum absolute atomic E-state index is 10.6. The lowest BCUT2D eigenvalue weighted by Gasteiger charge is -1.82. The Hall–Kier alpha value is -0.330. The summed E-state index contributed by atoms with van der Waals surface area (Å²) in [5, 5.41) is 0. The molecule has 0 saturated heterocycles. The summed E-state index contributed by atoms with van der Waals surface area (Å²) in [5.41, 5.74) is 0. The van der Waals surface area contributed by atoms with Gasteiger partial charge in [-0.25, -0.2) is 0 Å². The van der Waals surface area contributed by atoms with Crippen molar-refractivity contribution in [3.8, 4) is 0 Å². The Morgan fingerprint density at radius 1 is 1.57 bits per heavy atom. The van der Waals surface area contributed by atoms with Crippen LogP contribution in [0.25, 0.3) is 0 Å². The van der Waals surface area contributed by atoms with Gasteiger partial charge in [-0.05, 0) is 18.8 Å². The molecule has 0 spiro atoms. The SMILES string of the molecule is O=C1CC[C@H]2CC12. The molecule has 1 unspecified atom stereocenters. The first-order valence-corrected chi connectivity index (χ1v) is 2.90. The first kappa shape index (κ1) is 3.65. The quantitative estimate of drug-likeness (QED) is 0.439. The summed E-state index contributed by atoms with van der Waals surface area (Å²) in [7, 11) is 0. The second kappa shape index (κ2) is 0.908. The zero-order chi connectivity index (χ0) is 4.85. The fourth-order valence-electron chi connectivity index (χ4n) is 1.47. The number of rotatable bonds is 0. The Labute approximate surface area is 42.7 Å². The van der Waals surface area contributed by atoms with E-state index in [0.29, 0.717) is 11.7 Å². The molecule has 2 aliphatic carbocycles. The highest BCUT2D eigenvalue weighted by atomic mass is 16.1. The van der Waals surface area contributed by atoms with Crippen molar-refractivity contribution < 1.29 is 4.79 Å². The van der Waals surface area contributed by atoms with E-state index < -0.39 is 0 Å². The topological polar surface area (TPSA) is 17.1 Å². The molecule has 2 aliphatic rings. The van der Waals surface area contributed by atoms with Crippen LogP contribution >= 0.6 is 0 Å². The summed E-state index contributed by atoms with van der Waals surface area (Å²) in [4.78, 5) is 10.6. The first-order valence-electron chi connectivity index (χ1n) is 2.90. The van der Waals surface area contributed by atoms with Crippen molar-refractivity contribution in [3.63, 3.8) is 0 Å². The Bertz CT molecular complexity index is 117. The van der Waals surface area contributed by atoms with Crippen LogP contribution < -0.4 is 0 Å². The Morgan fingerprint density at radius 2 is 2.43 bits per heavy atom. The highest BCUT2D eigenvalue weighted by Gasteiger charge is 2.47. The average molecular weight is 96.1 g/mol. The van der Waals surface area contributed by atoms with Crippen LogP contribution in [0.4, 0.5) is 0 Å². The molecule has 7 heavy (non-hydrogen) atoms. The predicted octanol–water partition coefficient (Wildman–Crippen LogP) is 0.985. The molecule has 0 N–H and O–H groups in total. The molecular formula is C6H8O. The van der Waals surface area contributed by atoms with Gasteiger partial charge in [-0.3, -0.25) is 4.79 Å². The molecule has 0 aromatic carbocycles. The molecule has 1 nitrogen and oxygen atoms in total. The van der Waals surface area contributed by atoms with Crippen molar-refractivity contribution >= 4 is 5.78 Å². The maximum atomic E-state index is 10.6. The van der Waals surface area contributed by atoms with Crippen LogP contribution in [0, 0.1) is 11.8 Å². The van der Waals surface area contributed by atoms with Gasteiger partial charge in [0.05, 0.1) is 0 Å². The Kier molecular flexibility index (Phi) is 0.473. The Morgan fingerprint density at radius 3 is 2.57 bits per heavy atom. The van der Waals surface area contributed by atoms with Gasteiger partial charge in [0.2, 0.25) is 0 Å². The number of carbonyl (C=O) groups excluding carboxylic acids is 1. The second-order valence-corrected chi connectivity index (χ2v) is 2.61. The lowest BCUT2D eigenvalue weighted by molar-refractivity contribution is -0.119. The molecule has 0 bridgehead atoms. The number of Topliss-reactive ketones (excluding diaryl/α,β-unsaturated/α-hetero) is 1. The van der Waals surface area contributed by atoms with Gasteiger partial charge in [-0.15, -0.1) is 0 Å². The van der Waals surface area contributed by atoms with E-state index in [1.807, 2.05) is 0 Å². The summed E-state index contributed by atoms with van der Waals surface area (Å²) >= 11 is 0. The van der Waals surface area contributed by atoms with E-state index in [4.69, 9.17) is 0 Å². The van der Waals surface area contributed by atoms with Crippen LogP contribution in [0.2, 0.25) is 0 Å². The molecule has 38 valence electrons. The zero-order valence-corrected chi connectivity index (χ0v) is 4.18. The number of ketones is 1. The van der Waals surface area contributed by atoms with Crippen molar-refractivity contribution in [3.05, 3.63) is 0 Å². The van der Waals surface area contributed by atoms with Gasteiger partial charge in [-0.2, -0.15) is 0 Å². The molecule has 2 fully saturated rings. The maximum Gasteiger partial charge on any atom is 0.136 e. The van der Waals surface area contributed by atoms with E-state index in [2.05, 4.69) is 0 Å². The summed E-state index contributed by atoms with van der Waals surface area (Å²) in [6.07, 6.45) is 3.30. The largest absolute Gasteiger partial charge is 0.299 e. The van der Waals surface area contributed by atoms with E-state index in [0.717, 1.165) is 12.3 Å². The van der Waals surface area contributed by atoms with Crippen LogP contribution in [-0.2, 0) is 4.79 Å². The number of fused-ring (bicyclic) bond motifs is 1. The van der Waals surface area contributed by atoms with Crippen LogP contribution in [-0.4, -0.2) is 5.78 Å². The minimum atomic E-state index is 0.532. The summed E-state index contributed by atoms with van der Waals surface area (Å²) < 4.78 is 0. The van der Waals surface area contributed by atoms with Crippen molar-refractivity contribution in [2.45, 2.75) is 19.3 Å². The fraction of sp³-hybridized carbons (Fsp3) is 0.833. The highest BCUT2D eigenvalue weighted by Crippen LogP contribution is 2.49. The lowest BCUT2D eigenvalue weighted by atomic mass is 10.2. The zero-order valence-electron chi connectivity index (χ0n) is 4.18. The lowest BCUT2D eigenvalue weighted by Crippen LogP contribution is -1.91. The van der Waals surface area contributed by atoms with Gasteiger partial charge in [0, 0.05) is 12.3 Å². The molecule has 0 heterocycles. The van der Waals surface area contributed by atoms with Crippen molar-refractivity contribution in [2.75, 3.05) is 0 Å². The van der Waals surface area contributed by atoms with Gasteiger partial charge < -0.3 is 0 Å². The Balaban J connectivity index is 2.21. The molecule has 2 saturated carbocycles. The van der Waals surface area contributed by atoms with Crippen molar-refractivity contribution in [1.82, 2.24) is 0 Å². The van der Waals surface area contributed by atoms with E-state index in [1.54, 1.807) is 0 Å².